The first kappa shape index (κ1) is 15.7. The molecule has 1 heterocycles. The summed E-state index contributed by atoms with van der Waals surface area (Å²) in [7, 11) is 0. The zero-order chi connectivity index (χ0) is 15.2. The van der Waals surface area contributed by atoms with Gasteiger partial charge in [-0.1, -0.05) is 32.9 Å². The van der Waals surface area contributed by atoms with Crippen LogP contribution in [0.25, 0.3) is 5.69 Å². The molecule has 0 amide bonds. The van der Waals surface area contributed by atoms with E-state index in [0.717, 1.165) is 49.7 Å². The van der Waals surface area contributed by atoms with Crippen LogP contribution in [0.3, 0.4) is 0 Å². The Morgan fingerprint density at radius 2 is 1.95 bits per heavy atom. The van der Waals surface area contributed by atoms with E-state index in [1.165, 1.54) is 11.1 Å². The zero-order valence-electron chi connectivity index (χ0n) is 13.6. The van der Waals surface area contributed by atoms with E-state index in [1.807, 2.05) is 4.68 Å². The van der Waals surface area contributed by atoms with Gasteiger partial charge in [-0.2, -0.15) is 5.10 Å². The van der Waals surface area contributed by atoms with Crippen molar-refractivity contribution in [3.05, 3.63) is 41.0 Å². The van der Waals surface area contributed by atoms with Gasteiger partial charge < -0.3 is 5.32 Å². The van der Waals surface area contributed by atoms with Crippen LogP contribution in [0.2, 0.25) is 0 Å². The first-order valence-electron chi connectivity index (χ1n) is 7.95. The molecule has 0 saturated heterocycles. The van der Waals surface area contributed by atoms with Crippen LogP contribution in [-0.2, 0) is 19.4 Å². The van der Waals surface area contributed by atoms with Gasteiger partial charge in [-0.15, -0.1) is 0 Å². The van der Waals surface area contributed by atoms with Crippen LogP contribution < -0.4 is 5.32 Å². The van der Waals surface area contributed by atoms with Crippen LogP contribution in [0.1, 0.15) is 50.0 Å². The summed E-state index contributed by atoms with van der Waals surface area (Å²) in [4.78, 5) is 4.61. The number of rotatable bonds is 7. The number of aryl methyl sites for hydroxylation is 3. The van der Waals surface area contributed by atoms with Crippen molar-refractivity contribution in [3.63, 3.8) is 0 Å². The summed E-state index contributed by atoms with van der Waals surface area (Å²) in [5, 5.41) is 8.10. The van der Waals surface area contributed by atoms with Crippen molar-refractivity contribution < 1.29 is 0 Å². The van der Waals surface area contributed by atoms with Gasteiger partial charge in [-0.3, -0.25) is 0 Å². The van der Waals surface area contributed by atoms with Gasteiger partial charge in [0.15, 0.2) is 5.82 Å². The molecule has 0 unspecified atom stereocenters. The van der Waals surface area contributed by atoms with Crippen molar-refractivity contribution in [1.82, 2.24) is 20.1 Å². The van der Waals surface area contributed by atoms with Crippen molar-refractivity contribution in [2.45, 2.75) is 53.5 Å². The standard InChI is InChI=1S/C17H26N4/c1-5-10-18-12-14-9-8-13(4)15(11-14)21-17(7-3)19-16(6-2)20-21/h8-9,11,18H,5-7,10,12H2,1-4H3. The molecule has 0 aliphatic heterocycles. The largest absolute Gasteiger partial charge is 0.313 e. The monoisotopic (exact) mass is 286 g/mol. The fourth-order valence-electron chi connectivity index (χ4n) is 2.37. The van der Waals surface area contributed by atoms with Gasteiger partial charge in [0.2, 0.25) is 0 Å². The van der Waals surface area contributed by atoms with E-state index < -0.39 is 0 Å². The Morgan fingerprint density at radius 3 is 2.62 bits per heavy atom. The van der Waals surface area contributed by atoms with Gasteiger partial charge in [-0.25, -0.2) is 9.67 Å². The minimum absolute atomic E-state index is 0.872. The smallest absolute Gasteiger partial charge is 0.151 e. The highest BCUT2D eigenvalue weighted by atomic mass is 15.3. The summed E-state index contributed by atoms with van der Waals surface area (Å²) in [5.74, 6) is 1.95. The van der Waals surface area contributed by atoms with E-state index in [4.69, 9.17) is 0 Å². The molecule has 21 heavy (non-hydrogen) atoms. The molecule has 0 bridgehead atoms. The maximum absolute atomic E-state index is 4.65. The number of aromatic nitrogens is 3. The Labute approximate surface area is 127 Å². The molecule has 2 rings (SSSR count). The summed E-state index contributed by atoms with van der Waals surface area (Å²) in [6.45, 7) is 10.5. The first-order chi connectivity index (χ1) is 10.2. The lowest BCUT2D eigenvalue weighted by molar-refractivity contribution is 0.674. The van der Waals surface area contributed by atoms with Gasteiger partial charge in [0.1, 0.15) is 5.82 Å². The molecular weight excluding hydrogens is 260 g/mol. The van der Waals surface area contributed by atoms with Gasteiger partial charge >= 0.3 is 0 Å². The summed E-state index contributed by atoms with van der Waals surface area (Å²) in [6, 6.07) is 6.58. The highest BCUT2D eigenvalue weighted by molar-refractivity contribution is 5.43. The number of nitrogens with one attached hydrogen (secondary N) is 1. The molecule has 1 N–H and O–H groups in total. The molecule has 0 aliphatic rings. The Morgan fingerprint density at radius 1 is 1.14 bits per heavy atom. The highest BCUT2D eigenvalue weighted by Crippen LogP contribution is 2.18. The molecule has 4 nitrogen and oxygen atoms in total. The second kappa shape index (κ2) is 7.36. The van der Waals surface area contributed by atoms with Gasteiger partial charge in [0.25, 0.3) is 0 Å². The van der Waals surface area contributed by atoms with Crippen LogP contribution in [0.4, 0.5) is 0 Å². The molecule has 0 saturated carbocycles. The quantitative estimate of drug-likeness (QED) is 0.795. The van der Waals surface area contributed by atoms with E-state index in [-0.39, 0.29) is 0 Å². The third-order valence-corrected chi connectivity index (χ3v) is 3.61. The molecule has 4 heteroatoms. The average molecular weight is 286 g/mol. The summed E-state index contributed by atoms with van der Waals surface area (Å²) >= 11 is 0. The SMILES string of the molecule is CCCNCc1ccc(C)c(-n2nc(CC)nc2CC)c1. The van der Waals surface area contributed by atoms with Gasteiger partial charge in [0.05, 0.1) is 5.69 Å². The Kier molecular flexibility index (Phi) is 5.51. The highest BCUT2D eigenvalue weighted by Gasteiger charge is 2.11. The van der Waals surface area contributed by atoms with Crippen LogP contribution in [0.5, 0.6) is 0 Å². The molecule has 0 radical (unpaired) electrons. The van der Waals surface area contributed by atoms with Crippen molar-refractivity contribution in [1.29, 1.82) is 0 Å². The number of hydrogen-bond acceptors (Lipinski definition) is 3. The lowest BCUT2D eigenvalue weighted by Crippen LogP contribution is -2.14. The van der Waals surface area contributed by atoms with E-state index >= 15 is 0 Å². The van der Waals surface area contributed by atoms with E-state index in [1.54, 1.807) is 0 Å². The number of benzene rings is 1. The number of hydrogen-bond donors (Lipinski definition) is 1. The summed E-state index contributed by atoms with van der Waals surface area (Å²) in [5.41, 5.74) is 3.67. The Bertz CT molecular complexity index is 586. The molecular formula is C17H26N4. The van der Waals surface area contributed by atoms with Crippen LogP contribution in [-0.4, -0.2) is 21.3 Å². The molecule has 1 aromatic carbocycles. The minimum Gasteiger partial charge on any atom is -0.313 e. The summed E-state index contributed by atoms with van der Waals surface area (Å²) < 4.78 is 2.01. The van der Waals surface area contributed by atoms with Crippen molar-refractivity contribution in [2.24, 2.45) is 0 Å². The maximum atomic E-state index is 4.65. The molecule has 0 atom stereocenters. The van der Waals surface area contributed by atoms with Crippen LogP contribution in [0.15, 0.2) is 18.2 Å². The molecule has 0 fully saturated rings. The molecule has 0 spiro atoms. The van der Waals surface area contributed by atoms with Gasteiger partial charge in [0, 0.05) is 19.4 Å². The molecule has 1 aromatic heterocycles. The van der Waals surface area contributed by atoms with Crippen molar-refractivity contribution in [3.8, 4) is 5.69 Å². The van der Waals surface area contributed by atoms with Gasteiger partial charge in [-0.05, 0) is 37.1 Å². The fraction of sp³-hybridized carbons (Fsp3) is 0.529. The Balaban J connectivity index is 2.33. The third-order valence-electron chi connectivity index (χ3n) is 3.61. The lowest BCUT2D eigenvalue weighted by Gasteiger charge is -2.11. The van der Waals surface area contributed by atoms with E-state index in [2.05, 4.69) is 61.3 Å². The lowest BCUT2D eigenvalue weighted by atomic mass is 10.1. The van der Waals surface area contributed by atoms with Crippen molar-refractivity contribution in [2.75, 3.05) is 6.54 Å². The second-order valence-electron chi connectivity index (χ2n) is 5.36. The van der Waals surface area contributed by atoms with E-state index in [0.29, 0.717) is 0 Å². The first-order valence-corrected chi connectivity index (χ1v) is 7.95. The zero-order valence-corrected chi connectivity index (χ0v) is 13.6. The Hall–Kier alpha value is -1.68. The van der Waals surface area contributed by atoms with Crippen LogP contribution >= 0.6 is 0 Å². The fourth-order valence-corrected chi connectivity index (χ4v) is 2.37. The van der Waals surface area contributed by atoms with Crippen LogP contribution in [0, 0.1) is 6.92 Å². The predicted octanol–water partition coefficient (Wildman–Crippen LogP) is 3.20. The molecule has 2 aromatic rings. The van der Waals surface area contributed by atoms with Crippen molar-refractivity contribution >= 4 is 0 Å². The molecule has 0 aliphatic carbocycles. The third kappa shape index (κ3) is 3.70. The number of nitrogens with zero attached hydrogens (tertiary/aromatic N) is 3. The van der Waals surface area contributed by atoms with E-state index in [9.17, 15) is 0 Å². The average Bonchev–Trinajstić information content (AvgIpc) is 2.92. The predicted molar refractivity (Wildman–Crippen MR) is 86.8 cm³/mol. The topological polar surface area (TPSA) is 42.7 Å². The summed E-state index contributed by atoms with van der Waals surface area (Å²) in [6.07, 6.45) is 2.92. The second-order valence-corrected chi connectivity index (χ2v) is 5.36. The minimum atomic E-state index is 0.872. The normalized spacial score (nSPS) is 11.0. The maximum Gasteiger partial charge on any atom is 0.151 e. The molecule has 114 valence electrons.